The van der Waals surface area contributed by atoms with Crippen molar-refractivity contribution >= 4 is 27.6 Å². The fraction of sp³-hybridized carbons (Fsp3) is 0.318. The molecule has 28 heavy (non-hydrogen) atoms. The summed E-state index contributed by atoms with van der Waals surface area (Å²) in [6.45, 7) is 6.59. The van der Waals surface area contributed by atoms with Crippen LogP contribution >= 0.6 is 0 Å². The van der Waals surface area contributed by atoms with Gasteiger partial charge in [-0.15, -0.1) is 0 Å². The number of hydrogen-bond donors (Lipinski definition) is 2. The number of nitrogens with zero attached hydrogens (tertiary/aromatic N) is 1. The standard InChI is InChI=1S/C22H25NO4S/c1-16-8-6-9-17(21(16)24)12-13-20-22(2,3)18-10-4-5-11-19(18)23(20)14-7-15-28(25,26)27/h4-6,8-13H,7,14-15H2,1-3H3,(H,25,26,27)/p+1. The summed E-state index contributed by atoms with van der Waals surface area (Å²) in [6, 6.07) is 13.7. The Hall–Kier alpha value is -2.44. The summed E-state index contributed by atoms with van der Waals surface area (Å²) in [7, 11) is -3.99. The fourth-order valence-electron chi connectivity index (χ4n) is 3.77. The van der Waals surface area contributed by atoms with Gasteiger partial charge in [0.15, 0.2) is 5.71 Å². The lowest BCUT2D eigenvalue weighted by Crippen LogP contribution is -2.28. The molecule has 0 unspecified atom stereocenters. The zero-order valence-corrected chi connectivity index (χ0v) is 17.2. The van der Waals surface area contributed by atoms with E-state index in [-0.39, 0.29) is 16.9 Å². The molecule has 1 aliphatic rings. The zero-order chi connectivity index (χ0) is 20.5. The Morgan fingerprint density at radius 3 is 2.50 bits per heavy atom. The van der Waals surface area contributed by atoms with Crippen molar-refractivity contribution in [3.05, 3.63) is 65.2 Å². The van der Waals surface area contributed by atoms with Gasteiger partial charge in [-0.05, 0) is 32.4 Å². The lowest BCUT2D eigenvalue weighted by Gasteiger charge is -2.15. The molecule has 148 valence electrons. The first-order chi connectivity index (χ1) is 13.1. The quantitative estimate of drug-likeness (QED) is 0.566. The van der Waals surface area contributed by atoms with E-state index in [0.29, 0.717) is 13.0 Å². The number of para-hydroxylation sites is 2. The first kappa shape index (κ1) is 20.3. The maximum absolute atomic E-state index is 11.1. The predicted octanol–water partition coefficient (Wildman–Crippen LogP) is 4.07. The molecule has 3 rings (SSSR count). The van der Waals surface area contributed by atoms with Crippen LogP contribution in [0, 0.1) is 6.92 Å². The molecule has 0 atom stereocenters. The molecule has 0 bridgehead atoms. The Labute approximate surface area is 166 Å². The SMILES string of the molecule is Cc1cccc(/C=C/C2=[N+](CCCS(=O)(=O)O)c3ccccc3C2(C)C)c1O. The number of benzene rings is 2. The largest absolute Gasteiger partial charge is 0.507 e. The number of hydrogen-bond acceptors (Lipinski definition) is 3. The summed E-state index contributed by atoms with van der Waals surface area (Å²) in [4.78, 5) is 0. The molecule has 6 heteroatoms. The van der Waals surface area contributed by atoms with E-state index in [4.69, 9.17) is 4.55 Å². The van der Waals surface area contributed by atoms with E-state index < -0.39 is 10.1 Å². The fourth-order valence-corrected chi connectivity index (χ4v) is 4.27. The molecule has 0 saturated carbocycles. The third-order valence-corrected chi connectivity index (χ3v) is 6.08. The van der Waals surface area contributed by atoms with E-state index >= 15 is 0 Å². The minimum absolute atomic E-state index is 0.255. The molecule has 5 nitrogen and oxygen atoms in total. The second kappa shape index (κ2) is 7.53. The molecule has 0 aliphatic carbocycles. The van der Waals surface area contributed by atoms with Crippen LogP contribution in [0.15, 0.2) is 48.5 Å². The molecule has 0 fully saturated rings. The monoisotopic (exact) mass is 400 g/mol. The van der Waals surface area contributed by atoms with E-state index in [0.717, 1.165) is 28.1 Å². The summed E-state index contributed by atoms with van der Waals surface area (Å²) >= 11 is 0. The van der Waals surface area contributed by atoms with Crippen molar-refractivity contribution in [2.45, 2.75) is 32.6 Å². The van der Waals surface area contributed by atoms with Crippen molar-refractivity contribution in [2.24, 2.45) is 0 Å². The normalized spacial score (nSPS) is 16.0. The van der Waals surface area contributed by atoms with Crippen LogP contribution in [-0.4, -0.2) is 40.7 Å². The predicted molar refractivity (Wildman–Crippen MR) is 112 cm³/mol. The highest BCUT2D eigenvalue weighted by atomic mass is 32.2. The number of aromatic hydroxyl groups is 1. The third-order valence-electron chi connectivity index (χ3n) is 5.27. The van der Waals surface area contributed by atoms with Gasteiger partial charge in [-0.2, -0.15) is 13.0 Å². The van der Waals surface area contributed by atoms with Crippen LogP contribution in [0.3, 0.4) is 0 Å². The third kappa shape index (κ3) is 4.03. The van der Waals surface area contributed by atoms with Gasteiger partial charge in [0.05, 0.1) is 11.2 Å². The number of phenolic OH excluding ortho intramolecular Hbond substituents is 1. The molecule has 0 amide bonds. The maximum atomic E-state index is 11.1. The summed E-state index contributed by atoms with van der Waals surface area (Å²) in [5, 5.41) is 10.3. The first-order valence-corrected chi connectivity index (χ1v) is 10.9. The van der Waals surface area contributed by atoms with Gasteiger partial charge >= 0.3 is 0 Å². The van der Waals surface area contributed by atoms with Crippen LogP contribution in [0.2, 0.25) is 0 Å². The van der Waals surface area contributed by atoms with Gasteiger partial charge < -0.3 is 5.11 Å². The molecule has 0 aromatic heterocycles. The molecule has 0 saturated heterocycles. The summed E-state index contributed by atoms with van der Waals surface area (Å²) in [6.07, 6.45) is 4.19. The number of fused-ring (bicyclic) bond motifs is 1. The number of rotatable bonds is 6. The van der Waals surface area contributed by atoms with Crippen molar-refractivity contribution in [1.29, 1.82) is 0 Å². The molecule has 2 N–H and O–H groups in total. The second-order valence-electron chi connectivity index (χ2n) is 7.66. The average Bonchev–Trinajstić information content (AvgIpc) is 2.83. The van der Waals surface area contributed by atoms with Crippen molar-refractivity contribution in [1.82, 2.24) is 0 Å². The van der Waals surface area contributed by atoms with Crippen LogP contribution < -0.4 is 0 Å². The maximum Gasteiger partial charge on any atom is 0.265 e. The molecular weight excluding hydrogens is 374 g/mol. The Kier molecular flexibility index (Phi) is 5.46. The summed E-state index contributed by atoms with van der Waals surface area (Å²) in [5.41, 5.74) is 4.49. The van der Waals surface area contributed by atoms with Gasteiger partial charge in [-0.1, -0.05) is 36.4 Å². The van der Waals surface area contributed by atoms with Gasteiger partial charge in [0, 0.05) is 29.7 Å². The van der Waals surface area contributed by atoms with Crippen molar-refractivity contribution in [3.63, 3.8) is 0 Å². The van der Waals surface area contributed by atoms with Crippen LogP contribution in [-0.2, 0) is 15.5 Å². The van der Waals surface area contributed by atoms with Crippen LogP contribution in [0.25, 0.3) is 6.08 Å². The van der Waals surface area contributed by atoms with E-state index in [1.165, 1.54) is 0 Å². The first-order valence-electron chi connectivity index (χ1n) is 9.27. The lowest BCUT2D eigenvalue weighted by molar-refractivity contribution is -0.437. The van der Waals surface area contributed by atoms with Crippen LogP contribution in [0.5, 0.6) is 5.75 Å². The molecular formula is C22H26NO4S+. The molecule has 2 aromatic carbocycles. The topological polar surface area (TPSA) is 77.6 Å². The molecule has 1 aliphatic heterocycles. The Bertz CT molecular complexity index is 1070. The van der Waals surface area contributed by atoms with Crippen molar-refractivity contribution < 1.29 is 22.7 Å². The van der Waals surface area contributed by atoms with E-state index in [1.807, 2.05) is 55.5 Å². The van der Waals surface area contributed by atoms with Crippen LogP contribution in [0.1, 0.15) is 37.0 Å². The van der Waals surface area contributed by atoms with Crippen molar-refractivity contribution in [3.8, 4) is 5.75 Å². The number of aryl methyl sites for hydroxylation is 1. The minimum atomic E-state index is -3.99. The summed E-state index contributed by atoms with van der Waals surface area (Å²) in [5.74, 6) is -0.0209. The summed E-state index contributed by atoms with van der Waals surface area (Å²) < 4.78 is 33.4. The molecule has 0 radical (unpaired) electrons. The van der Waals surface area contributed by atoms with Crippen LogP contribution in [0.4, 0.5) is 5.69 Å². The average molecular weight is 401 g/mol. The van der Waals surface area contributed by atoms with E-state index in [2.05, 4.69) is 24.5 Å². The molecule has 0 spiro atoms. The highest BCUT2D eigenvalue weighted by Gasteiger charge is 2.43. The minimum Gasteiger partial charge on any atom is -0.507 e. The molecule has 1 heterocycles. The van der Waals surface area contributed by atoms with Gasteiger partial charge in [-0.3, -0.25) is 4.55 Å². The number of phenols is 1. The van der Waals surface area contributed by atoms with Gasteiger partial charge in [0.1, 0.15) is 12.3 Å². The zero-order valence-electron chi connectivity index (χ0n) is 16.4. The highest BCUT2D eigenvalue weighted by molar-refractivity contribution is 7.85. The highest BCUT2D eigenvalue weighted by Crippen LogP contribution is 2.40. The smallest absolute Gasteiger partial charge is 0.265 e. The lowest BCUT2D eigenvalue weighted by atomic mass is 9.81. The second-order valence-corrected chi connectivity index (χ2v) is 9.24. The van der Waals surface area contributed by atoms with E-state index in [1.54, 1.807) is 0 Å². The number of allylic oxidation sites excluding steroid dienone is 1. The van der Waals surface area contributed by atoms with Gasteiger partial charge in [0.25, 0.3) is 10.1 Å². The van der Waals surface area contributed by atoms with E-state index in [9.17, 15) is 13.5 Å². The van der Waals surface area contributed by atoms with Gasteiger partial charge in [0.2, 0.25) is 5.69 Å². The Morgan fingerprint density at radius 2 is 1.79 bits per heavy atom. The van der Waals surface area contributed by atoms with Crippen molar-refractivity contribution in [2.75, 3.05) is 12.3 Å². The van der Waals surface area contributed by atoms with Gasteiger partial charge in [-0.25, -0.2) is 0 Å². The Morgan fingerprint density at radius 1 is 1.07 bits per heavy atom. The Balaban J connectivity index is 2.03. The molecule has 2 aromatic rings.